The molecular formula is C16H17BrFNO. The molecule has 0 aromatic heterocycles. The van der Waals surface area contributed by atoms with Crippen molar-refractivity contribution in [1.82, 2.24) is 5.32 Å². The van der Waals surface area contributed by atoms with E-state index in [1.165, 1.54) is 7.11 Å². The first kappa shape index (κ1) is 15.0. The molecule has 2 aromatic carbocycles. The van der Waals surface area contributed by atoms with Gasteiger partial charge in [-0.05, 0) is 30.7 Å². The number of rotatable bonds is 5. The van der Waals surface area contributed by atoms with Crippen LogP contribution in [-0.2, 0) is 6.54 Å². The van der Waals surface area contributed by atoms with Gasteiger partial charge in [-0.15, -0.1) is 0 Å². The fourth-order valence-electron chi connectivity index (χ4n) is 1.98. The Balaban J connectivity index is 2.03. The van der Waals surface area contributed by atoms with Crippen LogP contribution in [0.1, 0.15) is 24.1 Å². The van der Waals surface area contributed by atoms with Gasteiger partial charge >= 0.3 is 0 Å². The van der Waals surface area contributed by atoms with Crippen LogP contribution in [0.2, 0.25) is 0 Å². The largest absolute Gasteiger partial charge is 0.494 e. The van der Waals surface area contributed by atoms with Crippen LogP contribution in [0.3, 0.4) is 0 Å². The minimum Gasteiger partial charge on any atom is -0.494 e. The summed E-state index contributed by atoms with van der Waals surface area (Å²) in [6, 6.07) is 13.4. The number of ether oxygens (including phenoxy) is 1. The maximum absolute atomic E-state index is 14.0. The van der Waals surface area contributed by atoms with Crippen LogP contribution < -0.4 is 10.1 Å². The lowest BCUT2D eigenvalue weighted by molar-refractivity contribution is 0.382. The second-order valence-electron chi connectivity index (χ2n) is 4.59. The lowest BCUT2D eigenvalue weighted by atomic mass is 10.1. The van der Waals surface area contributed by atoms with Crippen molar-refractivity contribution in [2.75, 3.05) is 7.11 Å². The molecule has 0 saturated heterocycles. The van der Waals surface area contributed by atoms with Crippen LogP contribution in [0.5, 0.6) is 5.75 Å². The van der Waals surface area contributed by atoms with Crippen molar-refractivity contribution in [3.05, 3.63) is 63.9 Å². The number of benzene rings is 2. The Bertz CT molecular complexity index is 571. The average Bonchev–Trinajstić information content (AvgIpc) is 2.46. The van der Waals surface area contributed by atoms with E-state index < -0.39 is 0 Å². The number of methoxy groups -OCH3 is 1. The van der Waals surface area contributed by atoms with E-state index in [2.05, 4.69) is 28.2 Å². The molecule has 0 aliphatic carbocycles. The average molecular weight is 338 g/mol. The molecule has 0 unspecified atom stereocenters. The normalized spacial score (nSPS) is 12.2. The van der Waals surface area contributed by atoms with Gasteiger partial charge in [0.25, 0.3) is 0 Å². The molecule has 0 aliphatic heterocycles. The van der Waals surface area contributed by atoms with Crippen molar-refractivity contribution in [2.24, 2.45) is 0 Å². The van der Waals surface area contributed by atoms with Gasteiger partial charge in [-0.1, -0.05) is 40.2 Å². The highest BCUT2D eigenvalue weighted by atomic mass is 79.9. The molecule has 0 fully saturated rings. The molecule has 20 heavy (non-hydrogen) atoms. The van der Waals surface area contributed by atoms with Crippen molar-refractivity contribution < 1.29 is 9.13 Å². The summed E-state index contributed by atoms with van der Waals surface area (Å²) >= 11 is 3.41. The lowest BCUT2D eigenvalue weighted by Crippen LogP contribution is -2.18. The van der Waals surface area contributed by atoms with Crippen molar-refractivity contribution in [3.8, 4) is 5.75 Å². The van der Waals surface area contributed by atoms with E-state index in [0.29, 0.717) is 12.1 Å². The standard InChI is InChI=1S/C16H17BrFNO/c1-11(12-6-8-14(17)9-7-12)19-10-13-4-3-5-15(20-2)16(13)18/h3-9,11,19H,10H2,1-2H3/t11-/m1/s1. The zero-order valence-corrected chi connectivity index (χ0v) is 13.1. The first-order valence-electron chi connectivity index (χ1n) is 6.42. The Morgan fingerprint density at radius 3 is 2.55 bits per heavy atom. The fraction of sp³-hybridized carbons (Fsp3) is 0.250. The molecule has 0 bridgehead atoms. The topological polar surface area (TPSA) is 21.3 Å². The number of nitrogens with one attached hydrogen (secondary N) is 1. The number of halogens is 2. The monoisotopic (exact) mass is 337 g/mol. The van der Waals surface area contributed by atoms with Gasteiger partial charge in [0.15, 0.2) is 11.6 Å². The quantitative estimate of drug-likeness (QED) is 0.870. The van der Waals surface area contributed by atoms with Crippen LogP contribution in [0.25, 0.3) is 0 Å². The maximum atomic E-state index is 14.0. The van der Waals surface area contributed by atoms with Gasteiger partial charge in [-0.3, -0.25) is 0 Å². The Morgan fingerprint density at radius 1 is 1.20 bits per heavy atom. The fourth-order valence-corrected chi connectivity index (χ4v) is 2.25. The van der Waals surface area contributed by atoms with E-state index in [1.54, 1.807) is 18.2 Å². The third-order valence-corrected chi connectivity index (χ3v) is 3.76. The summed E-state index contributed by atoms with van der Waals surface area (Å²) in [5.41, 5.74) is 1.77. The van der Waals surface area contributed by atoms with Crippen molar-refractivity contribution in [2.45, 2.75) is 19.5 Å². The van der Waals surface area contributed by atoms with Gasteiger partial charge in [-0.2, -0.15) is 0 Å². The van der Waals surface area contributed by atoms with Gasteiger partial charge in [0.1, 0.15) is 0 Å². The summed E-state index contributed by atoms with van der Waals surface area (Å²) in [6.07, 6.45) is 0. The van der Waals surface area contributed by atoms with E-state index in [1.807, 2.05) is 24.3 Å². The van der Waals surface area contributed by atoms with Crippen LogP contribution >= 0.6 is 15.9 Å². The first-order chi connectivity index (χ1) is 9.61. The zero-order chi connectivity index (χ0) is 14.5. The molecule has 0 radical (unpaired) electrons. The van der Waals surface area contributed by atoms with Crippen LogP contribution in [-0.4, -0.2) is 7.11 Å². The zero-order valence-electron chi connectivity index (χ0n) is 11.5. The summed E-state index contributed by atoms with van der Waals surface area (Å²) in [6.45, 7) is 2.52. The van der Waals surface area contributed by atoms with Crippen molar-refractivity contribution in [1.29, 1.82) is 0 Å². The van der Waals surface area contributed by atoms with Gasteiger partial charge in [-0.25, -0.2) is 4.39 Å². The minimum absolute atomic E-state index is 0.147. The Labute approximate surface area is 127 Å². The summed E-state index contributed by atoms with van der Waals surface area (Å²) in [5, 5.41) is 3.32. The van der Waals surface area contributed by atoms with E-state index in [4.69, 9.17) is 4.74 Å². The summed E-state index contributed by atoms with van der Waals surface area (Å²) in [4.78, 5) is 0. The summed E-state index contributed by atoms with van der Waals surface area (Å²) in [7, 11) is 1.47. The Kier molecular flexibility index (Phi) is 5.15. The SMILES string of the molecule is COc1cccc(CN[C@H](C)c2ccc(Br)cc2)c1F. The van der Waals surface area contributed by atoms with E-state index in [9.17, 15) is 4.39 Å². The van der Waals surface area contributed by atoms with Gasteiger partial charge in [0.05, 0.1) is 7.11 Å². The molecule has 0 saturated carbocycles. The maximum Gasteiger partial charge on any atom is 0.169 e. The van der Waals surface area contributed by atoms with Gasteiger partial charge in [0.2, 0.25) is 0 Å². The molecule has 2 aromatic rings. The summed E-state index contributed by atoms with van der Waals surface area (Å²) < 4.78 is 20.0. The Morgan fingerprint density at radius 2 is 1.90 bits per heavy atom. The first-order valence-corrected chi connectivity index (χ1v) is 7.21. The van der Waals surface area contributed by atoms with Crippen molar-refractivity contribution >= 4 is 15.9 Å². The van der Waals surface area contributed by atoms with Gasteiger partial charge in [0, 0.05) is 22.6 Å². The third-order valence-electron chi connectivity index (χ3n) is 3.23. The molecule has 1 atom stereocenters. The minimum atomic E-state index is -0.300. The highest BCUT2D eigenvalue weighted by Gasteiger charge is 2.10. The highest BCUT2D eigenvalue weighted by Crippen LogP contribution is 2.21. The highest BCUT2D eigenvalue weighted by molar-refractivity contribution is 9.10. The van der Waals surface area contributed by atoms with Crippen LogP contribution in [0.15, 0.2) is 46.9 Å². The predicted octanol–water partition coefficient (Wildman–Crippen LogP) is 4.45. The van der Waals surface area contributed by atoms with E-state index in [0.717, 1.165) is 10.0 Å². The van der Waals surface area contributed by atoms with Crippen LogP contribution in [0.4, 0.5) is 4.39 Å². The van der Waals surface area contributed by atoms with Crippen LogP contribution in [0, 0.1) is 5.82 Å². The smallest absolute Gasteiger partial charge is 0.169 e. The third kappa shape index (κ3) is 3.58. The molecule has 0 spiro atoms. The van der Waals surface area contributed by atoms with E-state index in [-0.39, 0.29) is 17.6 Å². The van der Waals surface area contributed by atoms with Crippen molar-refractivity contribution in [3.63, 3.8) is 0 Å². The molecule has 0 aliphatic rings. The molecule has 0 amide bonds. The second-order valence-corrected chi connectivity index (χ2v) is 5.50. The molecule has 2 rings (SSSR count). The van der Waals surface area contributed by atoms with E-state index >= 15 is 0 Å². The number of hydrogen-bond acceptors (Lipinski definition) is 2. The molecular weight excluding hydrogens is 321 g/mol. The molecule has 4 heteroatoms. The number of hydrogen-bond donors (Lipinski definition) is 1. The lowest BCUT2D eigenvalue weighted by Gasteiger charge is -2.15. The Hall–Kier alpha value is -1.39. The second kappa shape index (κ2) is 6.86. The predicted molar refractivity (Wildman–Crippen MR) is 82.3 cm³/mol. The summed E-state index contributed by atoms with van der Waals surface area (Å²) in [5.74, 6) is -0.0221. The molecule has 1 N–H and O–H groups in total. The molecule has 106 valence electrons. The molecule has 0 heterocycles. The van der Waals surface area contributed by atoms with Gasteiger partial charge < -0.3 is 10.1 Å². The molecule has 2 nitrogen and oxygen atoms in total.